The van der Waals surface area contributed by atoms with Crippen molar-refractivity contribution in [2.45, 2.75) is 31.7 Å². The third-order valence-electron chi connectivity index (χ3n) is 6.34. The summed E-state index contributed by atoms with van der Waals surface area (Å²) in [4.78, 5) is 22.5. The van der Waals surface area contributed by atoms with Gasteiger partial charge in [-0.05, 0) is 87.9 Å². The second-order valence-electron chi connectivity index (χ2n) is 9.81. The quantitative estimate of drug-likeness (QED) is 0.267. The summed E-state index contributed by atoms with van der Waals surface area (Å²) in [6.45, 7) is 5.69. The van der Waals surface area contributed by atoms with Crippen LogP contribution in [-0.2, 0) is 16.6 Å². The zero-order valence-corrected chi connectivity index (χ0v) is 24.1. The van der Waals surface area contributed by atoms with Gasteiger partial charge >= 0.3 is 0 Å². The van der Waals surface area contributed by atoms with Crippen molar-refractivity contribution >= 4 is 42.6 Å². The van der Waals surface area contributed by atoms with Gasteiger partial charge in [-0.2, -0.15) is 4.31 Å². The highest BCUT2D eigenvalue weighted by Gasteiger charge is 2.24. The Labute approximate surface area is 229 Å². The van der Waals surface area contributed by atoms with Crippen LogP contribution in [0, 0.1) is 13.8 Å². The first-order valence-electron chi connectivity index (χ1n) is 12.5. The van der Waals surface area contributed by atoms with Crippen molar-refractivity contribution in [1.82, 2.24) is 14.2 Å². The van der Waals surface area contributed by atoms with Gasteiger partial charge in [0.2, 0.25) is 10.0 Å². The van der Waals surface area contributed by atoms with Crippen LogP contribution < -0.4 is 4.90 Å². The van der Waals surface area contributed by atoms with E-state index < -0.39 is 10.0 Å². The normalized spacial score (nSPS) is 12.0. The van der Waals surface area contributed by atoms with E-state index in [1.807, 2.05) is 51.4 Å². The number of thiazole rings is 1. The number of rotatable bonds is 10. The molecule has 0 unspecified atom stereocenters. The number of aryl methyl sites for hydroxylation is 2. The maximum atomic E-state index is 13.7. The number of nitrogens with zero attached hydrogens (tertiary/aromatic N) is 4. The molecule has 0 bridgehead atoms. The second kappa shape index (κ2) is 11.7. The van der Waals surface area contributed by atoms with Gasteiger partial charge in [0.1, 0.15) is 0 Å². The molecular formula is C29H34N4O3S2. The molecule has 1 aromatic heterocycles. The van der Waals surface area contributed by atoms with Gasteiger partial charge in [0, 0.05) is 25.7 Å². The molecule has 1 heterocycles. The zero-order valence-electron chi connectivity index (χ0n) is 22.5. The Morgan fingerprint density at radius 2 is 1.61 bits per heavy atom. The Morgan fingerprint density at radius 1 is 0.921 bits per heavy atom. The van der Waals surface area contributed by atoms with Crippen LogP contribution in [0.3, 0.4) is 0 Å². The number of sulfonamides is 1. The van der Waals surface area contributed by atoms with Gasteiger partial charge in [-0.25, -0.2) is 13.4 Å². The standard InChI is InChI=1S/C29H34N4O3S2/c1-21-18-22(2)27-26(19-21)37-29(30-27)33(17-9-16-31(3)4)28(34)24-12-14-25(15-13-24)38(35,36)32(5)20-23-10-7-6-8-11-23/h6-8,10-15,18-19H,9,16-17,20H2,1-5H3. The maximum absolute atomic E-state index is 13.7. The van der Waals surface area contributed by atoms with Gasteiger partial charge in [-0.1, -0.05) is 47.7 Å². The largest absolute Gasteiger partial charge is 0.309 e. The van der Waals surface area contributed by atoms with Crippen molar-refractivity contribution in [2.75, 3.05) is 39.1 Å². The molecule has 4 aromatic rings. The van der Waals surface area contributed by atoms with Crippen LogP contribution in [0.1, 0.15) is 33.5 Å². The first kappa shape index (κ1) is 27.9. The van der Waals surface area contributed by atoms with E-state index in [1.54, 1.807) is 24.1 Å². The molecule has 0 radical (unpaired) electrons. The molecule has 3 aromatic carbocycles. The number of carbonyl (C=O) groups excluding carboxylic acids is 1. The van der Waals surface area contributed by atoms with Gasteiger partial charge < -0.3 is 4.90 Å². The summed E-state index contributed by atoms with van der Waals surface area (Å²) >= 11 is 1.51. The van der Waals surface area contributed by atoms with E-state index in [0.717, 1.165) is 39.9 Å². The zero-order chi connectivity index (χ0) is 27.4. The van der Waals surface area contributed by atoms with Crippen LogP contribution in [0.2, 0.25) is 0 Å². The van der Waals surface area contributed by atoms with Crippen molar-refractivity contribution in [1.29, 1.82) is 0 Å². The number of hydrogen-bond donors (Lipinski definition) is 0. The summed E-state index contributed by atoms with van der Waals surface area (Å²) in [5.74, 6) is -0.196. The molecule has 38 heavy (non-hydrogen) atoms. The molecular weight excluding hydrogens is 516 g/mol. The van der Waals surface area contributed by atoms with Crippen molar-refractivity contribution < 1.29 is 13.2 Å². The number of carbonyl (C=O) groups is 1. The fourth-order valence-electron chi connectivity index (χ4n) is 4.33. The number of benzene rings is 3. The van der Waals surface area contributed by atoms with Crippen LogP contribution in [0.25, 0.3) is 10.2 Å². The Hall–Kier alpha value is -3.11. The maximum Gasteiger partial charge on any atom is 0.260 e. The van der Waals surface area contributed by atoms with Gasteiger partial charge in [-0.15, -0.1) is 0 Å². The average molecular weight is 551 g/mol. The summed E-state index contributed by atoms with van der Waals surface area (Å²) in [5.41, 5.74) is 4.47. The average Bonchev–Trinajstić information content (AvgIpc) is 3.31. The summed E-state index contributed by atoms with van der Waals surface area (Å²) < 4.78 is 28.7. The Bertz CT molecular complexity index is 1510. The second-order valence-corrected chi connectivity index (χ2v) is 12.9. The summed E-state index contributed by atoms with van der Waals surface area (Å²) in [7, 11) is 1.86. The third kappa shape index (κ3) is 6.30. The molecule has 9 heteroatoms. The van der Waals surface area contributed by atoms with Crippen LogP contribution in [0.5, 0.6) is 0 Å². The monoisotopic (exact) mass is 550 g/mol. The number of aromatic nitrogens is 1. The van der Waals surface area contributed by atoms with Gasteiger partial charge in [-0.3, -0.25) is 9.69 Å². The first-order chi connectivity index (χ1) is 18.1. The highest BCUT2D eigenvalue weighted by molar-refractivity contribution is 7.89. The molecule has 7 nitrogen and oxygen atoms in total. The molecule has 0 atom stereocenters. The lowest BCUT2D eigenvalue weighted by atomic mass is 10.1. The van der Waals surface area contributed by atoms with Gasteiger partial charge in [0.25, 0.3) is 5.91 Å². The smallest absolute Gasteiger partial charge is 0.260 e. The Morgan fingerprint density at radius 3 is 2.26 bits per heavy atom. The third-order valence-corrected chi connectivity index (χ3v) is 9.18. The van der Waals surface area contributed by atoms with Gasteiger partial charge in [0.15, 0.2) is 5.13 Å². The summed E-state index contributed by atoms with van der Waals surface area (Å²) in [6.07, 6.45) is 0.781. The Kier molecular flexibility index (Phi) is 8.62. The van der Waals surface area contributed by atoms with E-state index in [0.29, 0.717) is 17.2 Å². The van der Waals surface area contributed by atoms with Crippen molar-refractivity contribution in [2.24, 2.45) is 0 Å². The molecule has 0 aliphatic heterocycles. The molecule has 4 rings (SSSR count). The predicted octanol–water partition coefficient (Wildman–Crippen LogP) is 5.33. The molecule has 0 saturated heterocycles. The SMILES string of the molecule is Cc1cc(C)c2nc(N(CCCN(C)C)C(=O)c3ccc(S(=O)(=O)N(C)Cc4ccccc4)cc3)sc2c1. The van der Waals surface area contributed by atoms with Crippen molar-refractivity contribution in [3.63, 3.8) is 0 Å². The van der Waals surface area contributed by atoms with E-state index in [-0.39, 0.29) is 17.3 Å². The number of hydrogen-bond acceptors (Lipinski definition) is 6. The lowest BCUT2D eigenvalue weighted by molar-refractivity contribution is 0.0986. The molecule has 0 spiro atoms. The first-order valence-corrected chi connectivity index (χ1v) is 14.8. The predicted molar refractivity (Wildman–Crippen MR) is 155 cm³/mol. The van der Waals surface area contributed by atoms with E-state index >= 15 is 0 Å². The fraction of sp³-hybridized carbons (Fsp3) is 0.310. The van der Waals surface area contributed by atoms with E-state index in [4.69, 9.17) is 4.98 Å². The number of anilines is 1. The Balaban J connectivity index is 1.59. The lowest BCUT2D eigenvalue weighted by Gasteiger charge is -2.21. The molecule has 1 amide bonds. The van der Waals surface area contributed by atoms with Crippen LogP contribution >= 0.6 is 11.3 Å². The number of fused-ring (bicyclic) bond motifs is 1. The molecule has 0 saturated carbocycles. The molecule has 200 valence electrons. The minimum Gasteiger partial charge on any atom is -0.309 e. The molecule has 0 N–H and O–H groups in total. The fourth-order valence-corrected chi connectivity index (χ4v) is 6.66. The van der Waals surface area contributed by atoms with Crippen LogP contribution in [-0.4, -0.2) is 62.7 Å². The summed E-state index contributed by atoms with van der Waals surface area (Å²) in [5, 5.41) is 0.650. The molecule has 0 fully saturated rings. The highest BCUT2D eigenvalue weighted by Crippen LogP contribution is 2.32. The molecule has 0 aliphatic rings. The van der Waals surface area contributed by atoms with E-state index in [1.165, 1.54) is 27.8 Å². The minimum atomic E-state index is -3.71. The highest BCUT2D eigenvalue weighted by atomic mass is 32.2. The minimum absolute atomic E-state index is 0.151. The van der Waals surface area contributed by atoms with Gasteiger partial charge in [0.05, 0.1) is 15.1 Å². The summed E-state index contributed by atoms with van der Waals surface area (Å²) in [6, 6.07) is 19.8. The van der Waals surface area contributed by atoms with E-state index in [9.17, 15) is 13.2 Å². The molecule has 0 aliphatic carbocycles. The van der Waals surface area contributed by atoms with Crippen LogP contribution in [0.15, 0.2) is 71.6 Å². The van der Waals surface area contributed by atoms with E-state index in [2.05, 4.69) is 24.0 Å². The van der Waals surface area contributed by atoms with Crippen LogP contribution in [0.4, 0.5) is 5.13 Å². The topological polar surface area (TPSA) is 73.8 Å². The number of amides is 1. The lowest BCUT2D eigenvalue weighted by Crippen LogP contribution is -2.33. The van der Waals surface area contributed by atoms with Crippen molar-refractivity contribution in [3.8, 4) is 0 Å². The van der Waals surface area contributed by atoms with Crippen molar-refractivity contribution in [3.05, 3.63) is 89.0 Å².